The van der Waals surface area contributed by atoms with Crippen molar-refractivity contribution in [3.8, 4) is 5.75 Å². The molecule has 3 aromatic rings. The molecule has 4 rings (SSSR count). The summed E-state index contributed by atoms with van der Waals surface area (Å²) in [6, 6.07) is 18.4. The highest BCUT2D eigenvalue weighted by Crippen LogP contribution is 2.31. The van der Waals surface area contributed by atoms with Gasteiger partial charge in [0.15, 0.2) is 0 Å². The first-order chi connectivity index (χ1) is 15.1. The molecule has 5 nitrogen and oxygen atoms in total. The minimum absolute atomic E-state index is 0.116. The molecule has 0 atom stereocenters. The maximum absolute atomic E-state index is 12.7. The average molecular weight is 436 g/mol. The summed E-state index contributed by atoms with van der Waals surface area (Å²) in [5, 5.41) is 0.906. The quantitative estimate of drug-likeness (QED) is 0.373. The van der Waals surface area contributed by atoms with E-state index in [0.29, 0.717) is 13.2 Å². The van der Waals surface area contributed by atoms with E-state index in [1.165, 1.54) is 16.8 Å². The lowest BCUT2D eigenvalue weighted by molar-refractivity contribution is 0.306. The molecule has 0 aliphatic heterocycles. The van der Waals surface area contributed by atoms with Gasteiger partial charge < -0.3 is 9.64 Å². The largest absolute Gasteiger partial charge is 0.489 e. The molecule has 6 heteroatoms. The first kappa shape index (κ1) is 21.7. The molecule has 162 valence electrons. The number of likely N-dealkylation sites (N-methyl/N-ethyl adjacent to an activating group) is 1. The van der Waals surface area contributed by atoms with Gasteiger partial charge >= 0.3 is 5.69 Å². The second-order valence-electron chi connectivity index (χ2n) is 8.14. The molecule has 1 aliphatic carbocycles. The van der Waals surface area contributed by atoms with E-state index in [9.17, 15) is 4.79 Å². The molecule has 0 saturated heterocycles. The smallest absolute Gasteiger partial charge is 0.348 e. The molecular formula is C25H29N3O2S. The van der Waals surface area contributed by atoms with Gasteiger partial charge in [0.1, 0.15) is 17.4 Å². The second-order valence-corrected chi connectivity index (χ2v) is 9.10. The maximum Gasteiger partial charge on any atom is 0.348 e. The van der Waals surface area contributed by atoms with Crippen LogP contribution in [0.5, 0.6) is 5.75 Å². The minimum atomic E-state index is -0.116. The Labute approximate surface area is 188 Å². The van der Waals surface area contributed by atoms with Crippen LogP contribution in [-0.4, -0.2) is 35.1 Å². The van der Waals surface area contributed by atoms with Crippen LogP contribution in [0.25, 0.3) is 0 Å². The lowest BCUT2D eigenvalue weighted by atomic mass is 10.2. The number of hydrogen-bond donors (Lipinski definition) is 0. The van der Waals surface area contributed by atoms with Gasteiger partial charge in [0.25, 0.3) is 0 Å². The highest BCUT2D eigenvalue weighted by atomic mass is 32.2. The Morgan fingerprint density at radius 1 is 1.03 bits per heavy atom. The van der Waals surface area contributed by atoms with Gasteiger partial charge in [0, 0.05) is 30.1 Å². The van der Waals surface area contributed by atoms with Crippen LogP contribution < -0.4 is 10.4 Å². The Morgan fingerprint density at radius 2 is 1.81 bits per heavy atom. The predicted molar refractivity (Wildman–Crippen MR) is 126 cm³/mol. The Bertz CT molecular complexity index is 1060. The number of benzene rings is 2. The Hall–Kier alpha value is -2.57. The van der Waals surface area contributed by atoms with Crippen LogP contribution in [0.15, 0.2) is 64.4 Å². The van der Waals surface area contributed by atoms with Crippen molar-refractivity contribution in [2.75, 3.05) is 20.6 Å². The molecule has 0 bridgehead atoms. The lowest BCUT2D eigenvalue weighted by Crippen LogP contribution is -2.31. The van der Waals surface area contributed by atoms with Crippen molar-refractivity contribution in [1.29, 1.82) is 0 Å². The fourth-order valence-corrected chi connectivity index (χ4v) is 4.84. The molecule has 0 unspecified atom stereocenters. The normalized spacial score (nSPS) is 12.9. The Balaban J connectivity index is 1.39. The summed E-state index contributed by atoms with van der Waals surface area (Å²) < 4.78 is 7.75. The molecule has 0 fully saturated rings. The van der Waals surface area contributed by atoms with Crippen molar-refractivity contribution in [1.82, 2.24) is 14.5 Å². The average Bonchev–Trinajstić information content (AvgIpc) is 3.27. The molecule has 31 heavy (non-hydrogen) atoms. The zero-order chi connectivity index (χ0) is 21.6. The number of thioether (sulfide) groups is 1. The number of hydrogen-bond acceptors (Lipinski definition) is 5. The number of aromatic nitrogens is 2. The van der Waals surface area contributed by atoms with Crippen LogP contribution in [0, 0.1) is 0 Å². The van der Waals surface area contributed by atoms with Gasteiger partial charge in [-0.2, -0.15) is 4.98 Å². The van der Waals surface area contributed by atoms with E-state index in [0.717, 1.165) is 47.9 Å². The SMILES string of the molecule is CN(C)CCn1c2c(c(SCc3ccc(OCc4ccccc4)cc3)nc1=O)CCC2. The summed E-state index contributed by atoms with van der Waals surface area (Å²) >= 11 is 1.67. The van der Waals surface area contributed by atoms with Crippen LogP contribution in [0.3, 0.4) is 0 Å². The van der Waals surface area contributed by atoms with Gasteiger partial charge in [-0.15, -0.1) is 11.8 Å². The van der Waals surface area contributed by atoms with Crippen molar-refractivity contribution in [3.63, 3.8) is 0 Å². The molecule has 0 spiro atoms. The summed E-state index contributed by atoms with van der Waals surface area (Å²) in [4.78, 5) is 19.2. The minimum Gasteiger partial charge on any atom is -0.489 e. The van der Waals surface area contributed by atoms with Gasteiger partial charge in [-0.25, -0.2) is 4.79 Å². The Kier molecular flexibility index (Phi) is 7.10. The van der Waals surface area contributed by atoms with E-state index in [1.54, 1.807) is 11.8 Å². The number of rotatable bonds is 9. The standard InChI is InChI=1S/C25H29N3O2S/c1-27(2)15-16-28-23-10-6-9-22(23)24(26-25(28)29)31-18-20-11-13-21(14-12-20)30-17-19-7-4-3-5-8-19/h3-5,7-8,11-14H,6,9-10,15-18H2,1-2H3. The number of fused-ring (bicyclic) bond motifs is 1. The van der Waals surface area contributed by atoms with E-state index in [-0.39, 0.29) is 5.69 Å². The third-order valence-corrected chi connectivity index (χ3v) is 6.61. The van der Waals surface area contributed by atoms with E-state index < -0.39 is 0 Å². The van der Waals surface area contributed by atoms with E-state index in [4.69, 9.17) is 4.74 Å². The third kappa shape index (κ3) is 5.57. The summed E-state index contributed by atoms with van der Waals surface area (Å²) in [5.74, 6) is 1.65. The van der Waals surface area contributed by atoms with Gasteiger partial charge in [-0.1, -0.05) is 42.5 Å². The van der Waals surface area contributed by atoms with Crippen molar-refractivity contribution in [3.05, 3.63) is 87.5 Å². The van der Waals surface area contributed by atoms with Crippen LogP contribution in [0.2, 0.25) is 0 Å². The molecule has 1 aliphatic rings. The van der Waals surface area contributed by atoms with E-state index in [1.807, 2.05) is 49.0 Å². The summed E-state index contributed by atoms with van der Waals surface area (Å²) in [6.45, 7) is 2.12. The van der Waals surface area contributed by atoms with Crippen molar-refractivity contribution < 1.29 is 4.74 Å². The lowest BCUT2D eigenvalue weighted by Gasteiger charge is -2.16. The fourth-order valence-electron chi connectivity index (χ4n) is 3.81. The van der Waals surface area contributed by atoms with Crippen molar-refractivity contribution in [2.24, 2.45) is 0 Å². The zero-order valence-electron chi connectivity index (χ0n) is 18.2. The first-order valence-corrected chi connectivity index (χ1v) is 11.7. The summed E-state index contributed by atoms with van der Waals surface area (Å²) in [7, 11) is 4.06. The molecule has 0 N–H and O–H groups in total. The highest BCUT2D eigenvalue weighted by molar-refractivity contribution is 7.98. The van der Waals surface area contributed by atoms with Crippen molar-refractivity contribution >= 4 is 11.8 Å². The fraction of sp³-hybridized carbons (Fsp3) is 0.360. The van der Waals surface area contributed by atoms with Crippen molar-refractivity contribution in [2.45, 2.75) is 43.2 Å². The van der Waals surface area contributed by atoms with Gasteiger partial charge in [0.2, 0.25) is 0 Å². The predicted octanol–water partition coefficient (Wildman–Crippen LogP) is 4.16. The molecule has 1 aromatic heterocycles. The highest BCUT2D eigenvalue weighted by Gasteiger charge is 2.22. The molecule has 0 saturated carbocycles. The van der Waals surface area contributed by atoms with Gasteiger partial charge in [0.05, 0.1) is 0 Å². The third-order valence-electron chi connectivity index (χ3n) is 5.52. The number of nitrogens with zero attached hydrogens (tertiary/aromatic N) is 3. The maximum atomic E-state index is 12.7. The molecule has 1 heterocycles. The number of ether oxygens (including phenoxy) is 1. The monoisotopic (exact) mass is 435 g/mol. The van der Waals surface area contributed by atoms with Crippen LogP contribution in [-0.2, 0) is 31.7 Å². The second kappa shape index (κ2) is 10.2. The molecule has 0 amide bonds. The van der Waals surface area contributed by atoms with Crippen LogP contribution >= 0.6 is 11.8 Å². The molecule has 0 radical (unpaired) electrons. The van der Waals surface area contributed by atoms with Gasteiger partial charge in [-0.3, -0.25) is 4.57 Å². The molecule has 2 aromatic carbocycles. The Morgan fingerprint density at radius 3 is 2.55 bits per heavy atom. The van der Waals surface area contributed by atoms with E-state index >= 15 is 0 Å². The molecular weight excluding hydrogens is 406 g/mol. The zero-order valence-corrected chi connectivity index (χ0v) is 19.0. The van der Waals surface area contributed by atoms with Crippen LogP contribution in [0.1, 0.15) is 28.8 Å². The summed E-state index contributed by atoms with van der Waals surface area (Å²) in [5.41, 5.74) is 4.69. The topological polar surface area (TPSA) is 47.4 Å². The van der Waals surface area contributed by atoms with Gasteiger partial charge in [-0.05, 0) is 56.6 Å². The summed E-state index contributed by atoms with van der Waals surface area (Å²) in [6.07, 6.45) is 3.09. The van der Waals surface area contributed by atoms with Crippen LogP contribution in [0.4, 0.5) is 0 Å². The first-order valence-electron chi connectivity index (χ1n) is 10.8. The van der Waals surface area contributed by atoms with E-state index in [2.05, 4.69) is 34.1 Å².